The first kappa shape index (κ1) is 32.7. The number of nitrogens with zero attached hydrogens (tertiary/aromatic N) is 4. The lowest BCUT2D eigenvalue weighted by Gasteiger charge is -2.21. The Morgan fingerprint density at radius 1 is 0.415 bits per heavy atom. The topological polar surface area (TPSA) is 43.6 Å². The van der Waals surface area contributed by atoms with Crippen LogP contribution in [0.4, 0.5) is 0 Å². The van der Waals surface area contributed by atoms with E-state index in [1.54, 1.807) is 11.3 Å². The first-order chi connectivity index (χ1) is 34.0. The Labute approximate surface area is 387 Å². The molecule has 4 nitrogen and oxygen atoms in total. The van der Waals surface area contributed by atoms with E-state index in [0.29, 0.717) is 17.2 Å². The number of aromatic nitrogens is 4. The van der Waals surface area contributed by atoms with Gasteiger partial charge in [-0.1, -0.05) is 184 Å². The summed E-state index contributed by atoms with van der Waals surface area (Å²) < 4.78 is 48.1. The third kappa shape index (κ3) is 5.93. The maximum absolute atomic E-state index is 9.03. The molecule has 0 bridgehead atoms. The van der Waals surface area contributed by atoms with Crippen LogP contribution in [0.1, 0.15) is 31.8 Å². The first-order valence-corrected chi connectivity index (χ1v) is 22.6. The molecule has 0 unspecified atom stereocenters. The average molecular weight is 854 g/mol. The summed E-state index contributed by atoms with van der Waals surface area (Å²) in [4.78, 5) is 15.2. The monoisotopic (exact) mass is 853 g/mol. The number of benzene rings is 9. The van der Waals surface area contributed by atoms with Crippen LogP contribution >= 0.6 is 11.3 Å². The molecule has 0 N–H and O–H groups in total. The Balaban J connectivity index is 1.14. The van der Waals surface area contributed by atoms with Crippen molar-refractivity contribution in [3.05, 3.63) is 217 Å². The molecule has 12 aromatic rings. The molecule has 1 aliphatic carbocycles. The third-order valence-electron chi connectivity index (χ3n) is 13.1. The van der Waals surface area contributed by atoms with Crippen LogP contribution < -0.4 is 0 Å². The molecular weight excluding hydrogens is 809 g/mol. The van der Waals surface area contributed by atoms with Gasteiger partial charge in [-0.05, 0) is 80.9 Å². The summed E-state index contributed by atoms with van der Waals surface area (Å²) >= 11 is 1.68. The van der Waals surface area contributed by atoms with Crippen LogP contribution in [-0.2, 0) is 5.41 Å². The number of rotatable bonds is 6. The highest BCUT2D eigenvalue weighted by Gasteiger charge is 2.36. The van der Waals surface area contributed by atoms with Gasteiger partial charge in [0, 0.05) is 58.7 Å². The predicted octanol–water partition coefficient (Wildman–Crippen LogP) is 16.0. The van der Waals surface area contributed by atoms with Gasteiger partial charge in [0.15, 0.2) is 17.5 Å². The highest BCUT2D eigenvalue weighted by atomic mass is 32.1. The zero-order valence-electron chi connectivity index (χ0n) is 40.4. The number of fused-ring (bicyclic) bond motifs is 9. The molecule has 5 heteroatoms. The van der Waals surface area contributed by atoms with Crippen molar-refractivity contribution in [3.8, 4) is 73.2 Å². The zero-order valence-corrected chi connectivity index (χ0v) is 36.3. The Kier molecular flexibility index (Phi) is 7.30. The van der Waals surface area contributed by atoms with Crippen molar-refractivity contribution in [1.29, 1.82) is 0 Å². The van der Waals surface area contributed by atoms with Crippen molar-refractivity contribution in [3.63, 3.8) is 0 Å². The molecule has 0 amide bonds. The molecule has 0 aliphatic heterocycles. The molecule has 3 heterocycles. The van der Waals surface area contributed by atoms with Crippen LogP contribution in [0.15, 0.2) is 206 Å². The van der Waals surface area contributed by atoms with Gasteiger partial charge < -0.3 is 4.57 Å². The normalized spacial score (nSPS) is 14.0. The molecule has 0 radical (unpaired) electrons. The van der Waals surface area contributed by atoms with Gasteiger partial charge in [0.1, 0.15) is 0 Å². The van der Waals surface area contributed by atoms with Gasteiger partial charge >= 0.3 is 0 Å². The van der Waals surface area contributed by atoms with E-state index in [1.165, 1.54) is 22.3 Å². The summed E-state index contributed by atoms with van der Waals surface area (Å²) in [6.45, 7) is 4.63. The second kappa shape index (κ2) is 14.5. The Morgan fingerprint density at radius 2 is 1.05 bits per heavy atom. The molecule has 13 rings (SSSR count). The highest BCUT2D eigenvalue weighted by Crippen LogP contribution is 2.52. The molecule has 0 atom stereocenters. The van der Waals surface area contributed by atoms with E-state index < -0.39 is 18.1 Å². The van der Waals surface area contributed by atoms with E-state index in [0.717, 1.165) is 75.5 Å². The van der Waals surface area contributed by atoms with Crippen molar-refractivity contribution in [2.75, 3.05) is 0 Å². The van der Waals surface area contributed by atoms with Gasteiger partial charge in [-0.2, -0.15) is 0 Å². The van der Waals surface area contributed by atoms with Crippen molar-refractivity contribution in [2.24, 2.45) is 0 Å². The van der Waals surface area contributed by atoms with E-state index in [4.69, 9.17) is 21.8 Å². The van der Waals surface area contributed by atoms with Gasteiger partial charge in [-0.15, -0.1) is 11.3 Å². The molecule has 0 saturated heterocycles. The van der Waals surface area contributed by atoms with Crippen molar-refractivity contribution in [2.45, 2.75) is 19.3 Å². The number of hydrogen-bond donors (Lipinski definition) is 0. The lowest BCUT2D eigenvalue weighted by molar-refractivity contribution is 0.661. The van der Waals surface area contributed by atoms with Crippen LogP contribution in [0.5, 0.6) is 0 Å². The Morgan fingerprint density at radius 3 is 1.88 bits per heavy atom. The summed E-state index contributed by atoms with van der Waals surface area (Å²) in [6.07, 6.45) is 0. The van der Waals surface area contributed by atoms with E-state index >= 15 is 0 Å². The quantitative estimate of drug-likeness (QED) is 0.167. The van der Waals surface area contributed by atoms with Crippen molar-refractivity contribution >= 4 is 53.3 Å². The maximum atomic E-state index is 9.03. The zero-order chi connectivity index (χ0) is 47.6. The molecule has 65 heavy (non-hydrogen) atoms. The highest BCUT2D eigenvalue weighted by molar-refractivity contribution is 7.26. The minimum atomic E-state index is -0.482. The maximum Gasteiger partial charge on any atom is 0.165 e. The first-order valence-electron chi connectivity index (χ1n) is 24.3. The molecule has 0 fully saturated rings. The lowest BCUT2D eigenvalue weighted by atomic mass is 9.82. The Bertz CT molecular complexity index is 4130. The summed E-state index contributed by atoms with van der Waals surface area (Å²) in [5.74, 6) is 0.630. The lowest BCUT2D eigenvalue weighted by Crippen LogP contribution is -2.14. The molecule has 1 aliphatic rings. The van der Waals surface area contributed by atoms with Crippen molar-refractivity contribution in [1.82, 2.24) is 19.5 Å². The summed E-state index contributed by atoms with van der Waals surface area (Å²) in [6, 6.07) is 59.5. The van der Waals surface area contributed by atoms with E-state index in [2.05, 4.69) is 158 Å². The fraction of sp³-hybridized carbons (Fsp3) is 0.0500. The van der Waals surface area contributed by atoms with Gasteiger partial charge in [0.2, 0.25) is 0 Å². The largest absolute Gasteiger partial charge is 0.309 e. The third-order valence-corrected chi connectivity index (χ3v) is 14.4. The second-order valence-corrected chi connectivity index (χ2v) is 18.2. The summed E-state index contributed by atoms with van der Waals surface area (Å²) in [7, 11) is 0. The van der Waals surface area contributed by atoms with Crippen molar-refractivity contribution < 1.29 is 6.85 Å². The smallest absolute Gasteiger partial charge is 0.165 e. The number of thiophene rings is 1. The number of para-hydroxylation sites is 1. The standard InChI is InChI=1S/C60H40N4S/c1-60(2)51-30-14-12-26-44(51)47-36-54-48(35-52(47)60)45-27-13-15-31-53(45)64(54)42-33-49-46-29-17-28-43(41-25-16-24-40(32-41)37-18-6-3-7-19-37)55(46)65-56(49)50(34-42)59-62-57(38-20-8-4-9-21-38)61-58(63-59)39-22-10-5-11-23-39/h3-36H,1-2H3/i4D,8D,9D,20D,21D. The molecule has 0 saturated carbocycles. The number of hydrogen-bond acceptors (Lipinski definition) is 4. The van der Waals surface area contributed by atoms with Gasteiger partial charge in [-0.3, -0.25) is 0 Å². The van der Waals surface area contributed by atoms with E-state index in [9.17, 15) is 0 Å². The van der Waals surface area contributed by atoms with Gasteiger partial charge in [0.05, 0.1) is 17.9 Å². The van der Waals surface area contributed by atoms with Crippen LogP contribution in [-0.4, -0.2) is 19.5 Å². The van der Waals surface area contributed by atoms with Crippen LogP contribution in [0, 0.1) is 0 Å². The summed E-state index contributed by atoms with van der Waals surface area (Å²) in [5.41, 5.74) is 13.7. The molecule has 0 spiro atoms. The average Bonchev–Trinajstić information content (AvgIpc) is 4.02. The molecular formula is C60H40N4S. The molecule has 9 aromatic carbocycles. The SMILES string of the molecule is [2H]c1c([2H])c([2H])c(-c2nc(-c3ccccc3)nc(-c3cc(-n4c5ccccc5c5cc6c(cc54)-c4ccccc4C6(C)C)cc4c3sc3c(-c5cccc(-c6ccccc6)c5)cccc34)n2)c([2H])c1[2H]. The minimum absolute atomic E-state index is 0.00682. The fourth-order valence-corrected chi connectivity index (χ4v) is 11.4. The van der Waals surface area contributed by atoms with E-state index in [-0.39, 0.29) is 28.9 Å². The van der Waals surface area contributed by atoms with Crippen LogP contribution in [0.3, 0.4) is 0 Å². The minimum Gasteiger partial charge on any atom is -0.309 e. The van der Waals surface area contributed by atoms with Gasteiger partial charge in [0.25, 0.3) is 0 Å². The predicted molar refractivity (Wildman–Crippen MR) is 272 cm³/mol. The molecule has 306 valence electrons. The molecule has 3 aromatic heterocycles. The van der Waals surface area contributed by atoms with E-state index in [1.807, 2.05) is 36.4 Å². The summed E-state index contributed by atoms with van der Waals surface area (Å²) in [5, 5.41) is 4.38. The second-order valence-electron chi connectivity index (χ2n) is 17.2. The van der Waals surface area contributed by atoms with Gasteiger partial charge in [-0.25, -0.2) is 15.0 Å². The fourth-order valence-electron chi connectivity index (χ4n) is 10.0. The van der Waals surface area contributed by atoms with Crippen LogP contribution in [0.2, 0.25) is 0 Å². The Hall–Kier alpha value is -7.99. The van der Waals surface area contributed by atoms with Crippen LogP contribution in [0.25, 0.3) is 115 Å².